The third kappa shape index (κ3) is 5.98. The van der Waals surface area contributed by atoms with Crippen LogP contribution in [0, 0.1) is 0 Å². The number of amides is 2. The lowest BCUT2D eigenvalue weighted by Gasteiger charge is -2.20. The molecule has 0 spiro atoms. The minimum Gasteiger partial charge on any atom is -0.493 e. The average Bonchev–Trinajstić information content (AvgIpc) is 3.26. The number of carbonyl (C=O) groups excluding carboxylic acids is 2. The van der Waals surface area contributed by atoms with Crippen LogP contribution in [0.25, 0.3) is 0 Å². The first-order valence-corrected chi connectivity index (χ1v) is 10.6. The van der Waals surface area contributed by atoms with Gasteiger partial charge in [0.1, 0.15) is 0 Å². The number of benzene rings is 2. The van der Waals surface area contributed by atoms with Crippen molar-refractivity contribution in [2.24, 2.45) is 0 Å². The number of nitrogens with zero attached hydrogens (tertiary/aromatic N) is 1. The Kier molecular flexibility index (Phi) is 7.89. The van der Waals surface area contributed by atoms with E-state index in [1.807, 2.05) is 36.2 Å². The summed E-state index contributed by atoms with van der Waals surface area (Å²) in [5, 5.41) is 5.97. The summed E-state index contributed by atoms with van der Waals surface area (Å²) < 4.78 is 10.8. The van der Waals surface area contributed by atoms with Crippen molar-refractivity contribution in [1.82, 2.24) is 10.2 Å². The molecule has 2 amide bonds. The summed E-state index contributed by atoms with van der Waals surface area (Å²) in [5.41, 5.74) is 1.93. The summed E-state index contributed by atoms with van der Waals surface area (Å²) in [5.74, 6) is 0.981. The Morgan fingerprint density at radius 1 is 1.03 bits per heavy atom. The molecule has 0 bridgehead atoms. The lowest BCUT2D eigenvalue weighted by Crippen LogP contribution is -2.34. The molecular formula is C24H31N3O4. The van der Waals surface area contributed by atoms with E-state index in [0.29, 0.717) is 29.3 Å². The molecule has 0 aliphatic heterocycles. The van der Waals surface area contributed by atoms with Gasteiger partial charge in [0.2, 0.25) is 5.91 Å². The van der Waals surface area contributed by atoms with E-state index in [4.69, 9.17) is 9.47 Å². The van der Waals surface area contributed by atoms with Crippen molar-refractivity contribution >= 4 is 17.5 Å². The third-order valence-corrected chi connectivity index (χ3v) is 5.47. The maximum atomic E-state index is 12.7. The first-order chi connectivity index (χ1) is 15.0. The van der Waals surface area contributed by atoms with Gasteiger partial charge in [-0.2, -0.15) is 0 Å². The van der Waals surface area contributed by atoms with E-state index >= 15 is 0 Å². The molecule has 1 saturated carbocycles. The number of methoxy groups -OCH3 is 2. The Balaban J connectivity index is 1.61. The standard InChI is InChI=1S/C24H31N3O4/c1-27(15-17-9-8-14-21(30-2)23(17)31-3)16-22(28)26-20-13-7-6-12-19(20)24(29)25-18-10-4-5-11-18/h6-9,12-14,18H,4-5,10-11,15-16H2,1-3H3,(H,25,29)(H,26,28). The van der Waals surface area contributed by atoms with Crippen LogP contribution < -0.4 is 20.1 Å². The van der Waals surface area contributed by atoms with Gasteiger partial charge in [0.15, 0.2) is 11.5 Å². The van der Waals surface area contributed by atoms with Crippen molar-refractivity contribution in [3.05, 3.63) is 53.6 Å². The van der Waals surface area contributed by atoms with E-state index in [1.165, 1.54) is 0 Å². The molecule has 7 nitrogen and oxygen atoms in total. The highest BCUT2D eigenvalue weighted by atomic mass is 16.5. The van der Waals surface area contributed by atoms with Crippen molar-refractivity contribution in [1.29, 1.82) is 0 Å². The Morgan fingerprint density at radius 2 is 1.77 bits per heavy atom. The number of hydrogen-bond acceptors (Lipinski definition) is 5. The Labute approximate surface area is 183 Å². The molecule has 0 heterocycles. The number of hydrogen-bond donors (Lipinski definition) is 2. The van der Waals surface area contributed by atoms with Crippen LogP contribution in [-0.2, 0) is 11.3 Å². The van der Waals surface area contributed by atoms with Gasteiger partial charge in [-0.05, 0) is 38.1 Å². The Morgan fingerprint density at radius 3 is 2.48 bits per heavy atom. The minimum atomic E-state index is -0.189. The van der Waals surface area contributed by atoms with Crippen LogP contribution in [0.2, 0.25) is 0 Å². The fourth-order valence-corrected chi connectivity index (χ4v) is 3.98. The number of nitrogens with one attached hydrogen (secondary N) is 2. The van der Waals surface area contributed by atoms with Gasteiger partial charge in [-0.1, -0.05) is 37.1 Å². The summed E-state index contributed by atoms with van der Waals surface area (Å²) in [6.45, 7) is 0.677. The number of likely N-dealkylation sites (N-methyl/N-ethyl adjacent to an activating group) is 1. The van der Waals surface area contributed by atoms with Gasteiger partial charge < -0.3 is 20.1 Å². The summed E-state index contributed by atoms with van der Waals surface area (Å²) in [7, 11) is 5.05. The van der Waals surface area contributed by atoms with E-state index in [1.54, 1.807) is 32.4 Å². The molecule has 2 aromatic rings. The second-order valence-corrected chi connectivity index (χ2v) is 7.87. The van der Waals surface area contributed by atoms with E-state index in [2.05, 4.69) is 10.6 Å². The molecule has 1 fully saturated rings. The monoisotopic (exact) mass is 425 g/mol. The van der Waals surface area contributed by atoms with Gasteiger partial charge in [0.25, 0.3) is 5.91 Å². The van der Waals surface area contributed by atoms with E-state index in [0.717, 1.165) is 31.2 Å². The van der Waals surface area contributed by atoms with Crippen LogP contribution in [0.15, 0.2) is 42.5 Å². The zero-order valence-corrected chi connectivity index (χ0v) is 18.4. The third-order valence-electron chi connectivity index (χ3n) is 5.47. The molecule has 31 heavy (non-hydrogen) atoms. The fourth-order valence-electron chi connectivity index (χ4n) is 3.98. The molecule has 0 aromatic heterocycles. The fraction of sp³-hybridized carbons (Fsp3) is 0.417. The van der Waals surface area contributed by atoms with Crippen LogP contribution in [-0.4, -0.2) is 50.6 Å². The minimum absolute atomic E-state index is 0.141. The predicted octanol–water partition coefficient (Wildman–Crippen LogP) is 3.45. The number of para-hydroxylation sites is 2. The molecule has 2 aromatic carbocycles. The topological polar surface area (TPSA) is 79.9 Å². The van der Waals surface area contributed by atoms with Crippen molar-refractivity contribution in [3.63, 3.8) is 0 Å². The van der Waals surface area contributed by atoms with Gasteiger partial charge in [0.05, 0.1) is 32.0 Å². The molecule has 0 radical (unpaired) electrons. The van der Waals surface area contributed by atoms with Crippen LogP contribution in [0.5, 0.6) is 11.5 Å². The normalized spacial score (nSPS) is 13.8. The second kappa shape index (κ2) is 10.8. The van der Waals surface area contributed by atoms with Gasteiger partial charge in [0, 0.05) is 18.2 Å². The lowest BCUT2D eigenvalue weighted by molar-refractivity contribution is -0.117. The SMILES string of the molecule is COc1cccc(CN(C)CC(=O)Nc2ccccc2C(=O)NC2CCCC2)c1OC. The number of anilines is 1. The predicted molar refractivity (Wildman–Crippen MR) is 121 cm³/mol. The average molecular weight is 426 g/mol. The first-order valence-electron chi connectivity index (χ1n) is 10.6. The molecule has 0 saturated heterocycles. The largest absolute Gasteiger partial charge is 0.493 e. The summed E-state index contributed by atoms with van der Waals surface area (Å²) in [4.78, 5) is 27.3. The van der Waals surface area contributed by atoms with Gasteiger partial charge >= 0.3 is 0 Å². The number of rotatable bonds is 9. The van der Waals surface area contributed by atoms with Crippen molar-refractivity contribution in [3.8, 4) is 11.5 Å². The highest BCUT2D eigenvalue weighted by molar-refractivity contribution is 6.04. The molecule has 2 N–H and O–H groups in total. The molecule has 1 aliphatic carbocycles. The van der Waals surface area contributed by atoms with Gasteiger partial charge in [-0.25, -0.2) is 0 Å². The highest BCUT2D eigenvalue weighted by Gasteiger charge is 2.20. The Bertz CT molecular complexity index is 909. The molecule has 0 unspecified atom stereocenters. The maximum absolute atomic E-state index is 12.7. The summed E-state index contributed by atoms with van der Waals surface area (Å²) >= 11 is 0. The van der Waals surface area contributed by atoms with Crippen LogP contribution in [0.3, 0.4) is 0 Å². The smallest absolute Gasteiger partial charge is 0.253 e. The van der Waals surface area contributed by atoms with Crippen molar-refractivity contribution in [2.75, 3.05) is 33.1 Å². The van der Waals surface area contributed by atoms with Crippen LogP contribution in [0.1, 0.15) is 41.6 Å². The molecule has 0 atom stereocenters. The molecule has 166 valence electrons. The molecule has 3 rings (SSSR count). The molecule has 1 aliphatic rings. The molecule has 7 heteroatoms. The quantitative estimate of drug-likeness (QED) is 0.643. The Hall–Kier alpha value is -3.06. The van der Waals surface area contributed by atoms with Crippen LogP contribution in [0.4, 0.5) is 5.69 Å². The highest BCUT2D eigenvalue weighted by Crippen LogP contribution is 2.31. The van der Waals surface area contributed by atoms with Gasteiger partial charge in [-0.15, -0.1) is 0 Å². The zero-order valence-electron chi connectivity index (χ0n) is 18.4. The van der Waals surface area contributed by atoms with E-state index < -0.39 is 0 Å². The number of carbonyl (C=O) groups is 2. The summed E-state index contributed by atoms with van der Waals surface area (Å²) in [6, 6.07) is 13.0. The second-order valence-electron chi connectivity index (χ2n) is 7.87. The lowest BCUT2D eigenvalue weighted by atomic mass is 10.1. The van der Waals surface area contributed by atoms with E-state index in [-0.39, 0.29) is 24.4 Å². The number of ether oxygens (including phenoxy) is 2. The van der Waals surface area contributed by atoms with Gasteiger partial charge in [-0.3, -0.25) is 14.5 Å². The van der Waals surface area contributed by atoms with Crippen molar-refractivity contribution in [2.45, 2.75) is 38.3 Å². The van der Waals surface area contributed by atoms with Crippen LogP contribution >= 0.6 is 0 Å². The molecular weight excluding hydrogens is 394 g/mol. The summed E-state index contributed by atoms with van der Waals surface area (Å²) in [6.07, 6.45) is 4.32. The zero-order chi connectivity index (χ0) is 22.2. The first kappa shape index (κ1) is 22.6. The van der Waals surface area contributed by atoms with E-state index in [9.17, 15) is 9.59 Å². The maximum Gasteiger partial charge on any atom is 0.253 e. The van der Waals surface area contributed by atoms with Crippen molar-refractivity contribution < 1.29 is 19.1 Å².